The van der Waals surface area contributed by atoms with Crippen molar-refractivity contribution in [2.24, 2.45) is 5.92 Å². The Kier molecular flexibility index (Phi) is 12.2. The molecule has 10 heteroatoms. The van der Waals surface area contributed by atoms with E-state index in [1.54, 1.807) is 30.5 Å². The molecule has 1 aromatic heterocycles. The van der Waals surface area contributed by atoms with Gasteiger partial charge in [0.2, 0.25) is 10.0 Å². The summed E-state index contributed by atoms with van der Waals surface area (Å²) in [5.74, 6) is 0.216. The Balaban J connectivity index is 1.33. The van der Waals surface area contributed by atoms with Crippen molar-refractivity contribution in [3.63, 3.8) is 0 Å². The van der Waals surface area contributed by atoms with Gasteiger partial charge in [-0.05, 0) is 72.2 Å². The Morgan fingerprint density at radius 1 is 0.840 bits per heavy atom. The van der Waals surface area contributed by atoms with E-state index in [0.717, 1.165) is 33.5 Å². The minimum atomic E-state index is -4.01. The van der Waals surface area contributed by atoms with Gasteiger partial charge in [-0.2, -0.15) is 9.40 Å². The first kappa shape index (κ1) is 36.5. The predicted octanol–water partition coefficient (Wildman–Crippen LogP) is 6.03. The van der Waals surface area contributed by atoms with Gasteiger partial charge in [0, 0.05) is 19.3 Å². The molecule has 2 N–H and O–H groups in total. The number of para-hydroxylation sites is 1. The lowest BCUT2D eigenvalue weighted by atomic mass is 10.0. The van der Waals surface area contributed by atoms with E-state index in [-0.39, 0.29) is 30.5 Å². The minimum absolute atomic E-state index is 0.0171. The number of sulfonamides is 1. The molecule has 2 atom stereocenters. The van der Waals surface area contributed by atoms with Crippen molar-refractivity contribution in [1.29, 1.82) is 0 Å². The quantitative estimate of drug-likeness (QED) is 0.131. The lowest BCUT2D eigenvalue weighted by molar-refractivity contribution is -0.124. The molecule has 9 nitrogen and oxygen atoms in total. The lowest BCUT2D eigenvalue weighted by Gasteiger charge is -2.31. The van der Waals surface area contributed by atoms with Crippen LogP contribution in [0.2, 0.25) is 0 Å². The van der Waals surface area contributed by atoms with Crippen molar-refractivity contribution in [2.75, 3.05) is 19.7 Å². The van der Waals surface area contributed by atoms with Gasteiger partial charge in [0.25, 0.3) is 5.91 Å². The van der Waals surface area contributed by atoms with Gasteiger partial charge in [0.05, 0.1) is 29.3 Å². The molecule has 5 aromatic rings. The van der Waals surface area contributed by atoms with Crippen LogP contribution in [-0.2, 0) is 27.8 Å². The molecule has 0 radical (unpaired) electrons. The third-order valence-corrected chi connectivity index (χ3v) is 10.4. The zero-order valence-electron chi connectivity index (χ0n) is 29.1. The molecule has 0 fully saturated rings. The molecular formula is C40H46N4O5S. The fourth-order valence-corrected chi connectivity index (χ4v) is 7.61. The Labute approximate surface area is 295 Å². The second-order valence-electron chi connectivity index (χ2n) is 13.0. The van der Waals surface area contributed by atoms with Crippen molar-refractivity contribution in [3.05, 3.63) is 138 Å². The van der Waals surface area contributed by atoms with Crippen LogP contribution in [0, 0.1) is 19.8 Å². The van der Waals surface area contributed by atoms with Crippen molar-refractivity contribution in [1.82, 2.24) is 19.4 Å². The van der Waals surface area contributed by atoms with Crippen molar-refractivity contribution < 1.29 is 23.1 Å². The highest BCUT2D eigenvalue weighted by molar-refractivity contribution is 7.89. The van der Waals surface area contributed by atoms with Crippen LogP contribution in [0.15, 0.2) is 120 Å². The zero-order chi connectivity index (χ0) is 35.7. The van der Waals surface area contributed by atoms with Gasteiger partial charge in [-0.15, -0.1) is 0 Å². The largest absolute Gasteiger partial charge is 0.483 e. The number of hydrogen-bond donors (Lipinski definition) is 2. The summed E-state index contributed by atoms with van der Waals surface area (Å²) in [6.07, 6.45) is 0.826. The molecule has 262 valence electrons. The molecule has 0 aliphatic carbocycles. The van der Waals surface area contributed by atoms with Crippen LogP contribution < -0.4 is 10.1 Å². The monoisotopic (exact) mass is 694 g/mol. The second-order valence-corrected chi connectivity index (χ2v) is 15.0. The number of nitrogens with zero attached hydrogens (tertiary/aromatic N) is 3. The van der Waals surface area contributed by atoms with E-state index >= 15 is 0 Å². The Morgan fingerprint density at radius 2 is 1.46 bits per heavy atom. The topological polar surface area (TPSA) is 114 Å². The molecule has 5 rings (SSSR count). The molecule has 0 saturated carbocycles. The third-order valence-electron chi connectivity index (χ3n) is 8.50. The second kappa shape index (κ2) is 16.8. The van der Waals surface area contributed by atoms with Crippen LogP contribution >= 0.6 is 0 Å². The number of carbonyl (C=O) groups excluding carboxylic acids is 1. The normalized spacial score (nSPS) is 12.9. The molecule has 0 aliphatic rings. The van der Waals surface area contributed by atoms with Crippen LogP contribution in [0.25, 0.3) is 11.3 Å². The number of aliphatic hydroxyl groups is 1. The highest BCUT2D eigenvalue weighted by atomic mass is 32.2. The molecule has 0 spiro atoms. The first-order valence-electron chi connectivity index (χ1n) is 16.9. The summed E-state index contributed by atoms with van der Waals surface area (Å²) in [5.41, 5.74) is 5.54. The van der Waals surface area contributed by atoms with Crippen molar-refractivity contribution in [3.8, 4) is 17.0 Å². The maximum Gasteiger partial charge on any atom is 0.258 e. The van der Waals surface area contributed by atoms with E-state index < -0.39 is 28.1 Å². The van der Waals surface area contributed by atoms with Gasteiger partial charge in [0.1, 0.15) is 5.75 Å². The predicted molar refractivity (Wildman–Crippen MR) is 196 cm³/mol. The molecule has 0 bridgehead atoms. The van der Waals surface area contributed by atoms with Crippen molar-refractivity contribution in [2.45, 2.75) is 57.7 Å². The molecule has 1 heterocycles. The summed E-state index contributed by atoms with van der Waals surface area (Å²) in [5, 5.41) is 19.0. The smallest absolute Gasteiger partial charge is 0.258 e. The number of amides is 1. The van der Waals surface area contributed by atoms with Crippen molar-refractivity contribution >= 4 is 15.9 Å². The molecular weight excluding hydrogens is 649 g/mol. The standard InChI is InChI=1S/C40H46N4O5S/c1-29(2)25-43(50(47,48)35-20-18-34(19-21-35)37-22-23-41-44(37)26-33-16-9-6-10-17-33)27-38(45)36(24-32-14-7-5-8-15-32)42-39(46)28-49-40-30(3)12-11-13-31(40)4/h5-23,29,36,38,45H,24-28H2,1-4H3,(H,42,46)/t36-,38+/m0/s1. The number of aliphatic hydroxyl groups excluding tert-OH is 1. The van der Waals surface area contributed by atoms with Crippen LogP contribution in [0.4, 0.5) is 0 Å². The number of aryl methyl sites for hydroxylation is 2. The SMILES string of the molecule is Cc1cccc(C)c1OCC(=O)N[C@@H](Cc1ccccc1)[C@H](O)CN(CC(C)C)S(=O)(=O)c1ccc(-c2ccnn2Cc2ccccc2)cc1. The van der Waals surface area contributed by atoms with Gasteiger partial charge in [-0.3, -0.25) is 9.48 Å². The summed E-state index contributed by atoms with van der Waals surface area (Å²) < 4.78 is 37.3. The van der Waals surface area contributed by atoms with E-state index in [4.69, 9.17) is 4.74 Å². The first-order valence-corrected chi connectivity index (χ1v) is 18.3. The van der Waals surface area contributed by atoms with E-state index in [1.807, 2.05) is 117 Å². The molecule has 0 aliphatic heterocycles. The van der Waals surface area contributed by atoms with Gasteiger partial charge >= 0.3 is 0 Å². The van der Waals surface area contributed by atoms with E-state index in [9.17, 15) is 18.3 Å². The first-order chi connectivity index (χ1) is 24.0. The van der Waals surface area contributed by atoms with Gasteiger partial charge < -0.3 is 15.2 Å². The summed E-state index contributed by atoms with van der Waals surface area (Å²) in [6.45, 7) is 8.02. The Morgan fingerprint density at radius 3 is 2.08 bits per heavy atom. The highest BCUT2D eigenvalue weighted by Crippen LogP contribution is 2.25. The fraction of sp³-hybridized carbons (Fsp3) is 0.300. The molecule has 1 amide bonds. The maximum atomic E-state index is 14.1. The van der Waals surface area contributed by atoms with E-state index in [2.05, 4.69) is 10.4 Å². The third kappa shape index (κ3) is 9.47. The van der Waals surface area contributed by atoms with E-state index in [1.165, 1.54) is 4.31 Å². The molecule has 0 unspecified atom stereocenters. The number of benzene rings is 4. The van der Waals surface area contributed by atoms with Crippen LogP contribution in [0.5, 0.6) is 5.75 Å². The number of aromatic nitrogens is 2. The van der Waals surface area contributed by atoms with E-state index in [0.29, 0.717) is 18.7 Å². The summed E-state index contributed by atoms with van der Waals surface area (Å²) in [7, 11) is -4.01. The van der Waals surface area contributed by atoms with Gasteiger partial charge in [-0.25, -0.2) is 8.42 Å². The number of carbonyl (C=O) groups is 1. The fourth-order valence-electron chi connectivity index (χ4n) is 5.99. The molecule has 50 heavy (non-hydrogen) atoms. The summed E-state index contributed by atoms with van der Waals surface area (Å²) in [4.78, 5) is 13.3. The van der Waals surface area contributed by atoms with Crippen LogP contribution in [0.1, 0.15) is 36.1 Å². The minimum Gasteiger partial charge on any atom is -0.483 e. The van der Waals surface area contributed by atoms with Crippen LogP contribution in [0.3, 0.4) is 0 Å². The average Bonchev–Trinajstić information content (AvgIpc) is 3.56. The van der Waals surface area contributed by atoms with Crippen LogP contribution in [-0.4, -0.2) is 65.4 Å². The summed E-state index contributed by atoms with van der Waals surface area (Å²) >= 11 is 0. The Bertz CT molecular complexity index is 1920. The zero-order valence-corrected chi connectivity index (χ0v) is 29.9. The summed E-state index contributed by atoms with van der Waals surface area (Å²) in [6, 6.07) is 33.2. The Hall–Kier alpha value is -4.77. The molecule has 4 aromatic carbocycles. The number of nitrogens with one attached hydrogen (secondary N) is 1. The lowest BCUT2D eigenvalue weighted by Crippen LogP contribution is -2.52. The number of rotatable bonds is 16. The van der Waals surface area contributed by atoms with Gasteiger partial charge in [-0.1, -0.05) is 105 Å². The van der Waals surface area contributed by atoms with Gasteiger partial charge in [0.15, 0.2) is 6.61 Å². The molecule has 0 saturated heterocycles. The maximum absolute atomic E-state index is 14.1. The highest BCUT2D eigenvalue weighted by Gasteiger charge is 2.31. The number of hydrogen-bond acceptors (Lipinski definition) is 6. The average molecular weight is 695 g/mol. The number of ether oxygens (including phenoxy) is 1.